The number of anilines is 1. The maximum Gasteiger partial charge on any atom is 0.347 e. The number of aryl methyl sites for hydroxylation is 1. The standard InChI is InChI=1S/C14H22N6O.2ClH/c1-10-8-12(13-17-18-14(21)20(13)9-10)16-4-7-19-5-2-11(15)3-6-19;;/h8-9,11,16H,2-7,15H2,1H3,(H,18,21);2*1H. The summed E-state index contributed by atoms with van der Waals surface area (Å²) in [6.07, 6.45) is 3.94. The number of likely N-dealkylation sites (tertiary alicyclic amines) is 1. The van der Waals surface area contributed by atoms with E-state index in [0.29, 0.717) is 11.7 Å². The second kappa shape index (κ2) is 8.54. The van der Waals surface area contributed by atoms with Crippen molar-refractivity contribution in [2.45, 2.75) is 25.8 Å². The molecule has 0 saturated carbocycles. The number of rotatable bonds is 4. The Balaban J connectivity index is 0.00000132. The Kier molecular flexibility index (Phi) is 7.34. The highest BCUT2D eigenvalue weighted by molar-refractivity contribution is 5.85. The summed E-state index contributed by atoms with van der Waals surface area (Å²) in [5.41, 5.74) is 8.27. The summed E-state index contributed by atoms with van der Waals surface area (Å²) in [7, 11) is 0. The Labute approximate surface area is 147 Å². The maximum atomic E-state index is 11.6. The summed E-state index contributed by atoms with van der Waals surface area (Å²) in [6.45, 7) is 5.90. The molecule has 9 heteroatoms. The van der Waals surface area contributed by atoms with Gasteiger partial charge in [-0.15, -0.1) is 24.8 Å². The van der Waals surface area contributed by atoms with Crippen molar-refractivity contribution in [3.05, 3.63) is 28.3 Å². The first kappa shape index (κ1) is 19.8. The molecule has 130 valence electrons. The first-order chi connectivity index (χ1) is 10.1. The largest absolute Gasteiger partial charge is 0.381 e. The number of piperidine rings is 1. The van der Waals surface area contributed by atoms with Gasteiger partial charge in [-0.25, -0.2) is 14.3 Å². The van der Waals surface area contributed by atoms with Gasteiger partial charge in [0.1, 0.15) is 0 Å². The minimum Gasteiger partial charge on any atom is -0.381 e. The summed E-state index contributed by atoms with van der Waals surface area (Å²) >= 11 is 0. The number of halogens is 2. The van der Waals surface area contributed by atoms with Crippen molar-refractivity contribution in [2.75, 3.05) is 31.5 Å². The van der Waals surface area contributed by atoms with Gasteiger partial charge in [0.25, 0.3) is 0 Å². The minimum atomic E-state index is -0.207. The van der Waals surface area contributed by atoms with Crippen molar-refractivity contribution in [1.29, 1.82) is 0 Å². The van der Waals surface area contributed by atoms with E-state index in [4.69, 9.17) is 5.73 Å². The lowest BCUT2D eigenvalue weighted by Crippen LogP contribution is -2.41. The number of hydrogen-bond donors (Lipinski definition) is 3. The fraction of sp³-hybridized carbons (Fsp3) is 0.571. The predicted molar refractivity (Wildman–Crippen MR) is 97.2 cm³/mol. The molecule has 1 saturated heterocycles. The van der Waals surface area contributed by atoms with Crippen LogP contribution in [-0.4, -0.2) is 51.7 Å². The fourth-order valence-corrected chi connectivity index (χ4v) is 2.80. The molecule has 2 aromatic heterocycles. The highest BCUT2D eigenvalue weighted by Crippen LogP contribution is 2.15. The molecular weight excluding hydrogens is 339 g/mol. The molecule has 1 fully saturated rings. The van der Waals surface area contributed by atoms with Gasteiger partial charge in [-0.1, -0.05) is 0 Å². The molecule has 0 atom stereocenters. The van der Waals surface area contributed by atoms with Crippen LogP contribution in [0.15, 0.2) is 17.1 Å². The van der Waals surface area contributed by atoms with Gasteiger partial charge in [-0.3, -0.25) is 0 Å². The average Bonchev–Trinajstić information content (AvgIpc) is 2.83. The van der Waals surface area contributed by atoms with E-state index in [9.17, 15) is 4.79 Å². The van der Waals surface area contributed by atoms with E-state index in [1.165, 1.54) is 4.40 Å². The molecule has 7 nitrogen and oxygen atoms in total. The summed E-state index contributed by atoms with van der Waals surface area (Å²) in [6, 6.07) is 2.38. The fourth-order valence-electron chi connectivity index (χ4n) is 2.80. The SMILES string of the molecule is Cc1cc(NCCN2CCC(N)CC2)c2n[nH]c(=O)n2c1.Cl.Cl. The van der Waals surface area contributed by atoms with Crippen LogP contribution in [0.2, 0.25) is 0 Å². The highest BCUT2D eigenvalue weighted by atomic mass is 35.5. The number of fused-ring (bicyclic) bond motifs is 1. The molecule has 23 heavy (non-hydrogen) atoms. The quantitative estimate of drug-likeness (QED) is 0.754. The lowest BCUT2D eigenvalue weighted by molar-refractivity contribution is 0.220. The third kappa shape index (κ3) is 4.60. The number of pyridine rings is 1. The monoisotopic (exact) mass is 362 g/mol. The van der Waals surface area contributed by atoms with E-state index in [2.05, 4.69) is 20.4 Å². The molecule has 2 aromatic rings. The van der Waals surface area contributed by atoms with Gasteiger partial charge in [0.05, 0.1) is 5.69 Å². The van der Waals surface area contributed by atoms with Gasteiger partial charge < -0.3 is 16.0 Å². The van der Waals surface area contributed by atoms with Gasteiger partial charge in [-0.2, -0.15) is 5.10 Å². The Bertz CT molecular complexity index is 677. The topological polar surface area (TPSA) is 91.4 Å². The van der Waals surface area contributed by atoms with E-state index in [0.717, 1.165) is 50.3 Å². The van der Waals surface area contributed by atoms with Crippen LogP contribution in [0.1, 0.15) is 18.4 Å². The molecule has 0 aromatic carbocycles. The molecule has 0 radical (unpaired) electrons. The van der Waals surface area contributed by atoms with Gasteiger partial charge in [0.2, 0.25) is 0 Å². The third-order valence-corrected chi connectivity index (χ3v) is 4.03. The summed E-state index contributed by atoms with van der Waals surface area (Å²) in [5.74, 6) is 0. The third-order valence-electron chi connectivity index (χ3n) is 4.03. The summed E-state index contributed by atoms with van der Waals surface area (Å²) < 4.78 is 1.54. The summed E-state index contributed by atoms with van der Waals surface area (Å²) in [5, 5.41) is 9.93. The van der Waals surface area contributed by atoms with Gasteiger partial charge in [0, 0.05) is 25.3 Å². The number of nitrogens with two attached hydrogens (primary N) is 1. The van der Waals surface area contributed by atoms with Crippen LogP contribution in [-0.2, 0) is 0 Å². The Hall–Kier alpha value is -1.28. The van der Waals surface area contributed by atoms with Crippen molar-refractivity contribution in [1.82, 2.24) is 19.5 Å². The minimum absolute atomic E-state index is 0. The zero-order valence-corrected chi connectivity index (χ0v) is 14.8. The Morgan fingerprint density at radius 2 is 2.09 bits per heavy atom. The van der Waals surface area contributed by atoms with E-state index in [1.54, 1.807) is 6.20 Å². The van der Waals surface area contributed by atoms with Crippen molar-refractivity contribution >= 4 is 36.1 Å². The number of H-pyrrole nitrogens is 1. The number of aromatic nitrogens is 3. The van der Waals surface area contributed by atoms with Crippen LogP contribution in [0.5, 0.6) is 0 Å². The smallest absolute Gasteiger partial charge is 0.347 e. The van der Waals surface area contributed by atoms with Gasteiger partial charge in [-0.05, 0) is 44.5 Å². The Morgan fingerprint density at radius 1 is 1.39 bits per heavy atom. The molecule has 0 unspecified atom stereocenters. The second-order valence-electron chi connectivity index (χ2n) is 5.76. The van der Waals surface area contributed by atoms with Gasteiger partial charge >= 0.3 is 5.69 Å². The van der Waals surface area contributed by atoms with Crippen LogP contribution in [0.25, 0.3) is 5.65 Å². The zero-order valence-electron chi connectivity index (χ0n) is 13.1. The molecule has 3 heterocycles. The van der Waals surface area contributed by atoms with Gasteiger partial charge in [0.15, 0.2) is 5.65 Å². The van der Waals surface area contributed by atoms with E-state index in [1.807, 2.05) is 13.0 Å². The molecule has 1 aliphatic rings. The van der Waals surface area contributed by atoms with E-state index < -0.39 is 0 Å². The van der Waals surface area contributed by atoms with Crippen LogP contribution in [0, 0.1) is 6.92 Å². The number of hydrogen-bond acceptors (Lipinski definition) is 5. The van der Waals surface area contributed by atoms with E-state index in [-0.39, 0.29) is 30.5 Å². The average molecular weight is 363 g/mol. The summed E-state index contributed by atoms with van der Waals surface area (Å²) in [4.78, 5) is 14.0. The second-order valence-corrected chi connectivity index (χ2v) is 5.76. The molecule has 3 rings (SSSR count). The normalized spacial score (nSPS) is 15.9. The lowest BCUT2D eigenvalue weighted by atomic mass is 10.1. The van der Waals surface area contributed by atoms with Crippen molar-refractivity contribution in [3.63, 3.8) is 0 Å². The predicted octanol–water partition coefficient (Wildman–Crippen LogP) is 1.01. The van der Waals surface area contributed by atoms with Crippen LogP contribution < -0.4 is 16.7 Å². The first-order valence-electron chi connectivity index (χ1n) is 7.42. The molecule has 0 aliphatic carbocycles. The Morgan fingerprint density at radius 3 is 2.78 bits per heavy atom. The first-order valence-corrected chi connectivity index (χ1v) is 7.42. The molecular formula is C14H24Cl2N6O. The number of aromatic amines is 1. The molecule has 4 N–H and O–H groups in total. The van der Waals surface area contributed by atoms with Crippen LogP contribution in [0.3, 0.4) is 0 Å². The lowest BCUT2D eigenvalue weighted by Gasteiger charge is -2.30. The number of nitrogens with one attached hydrogen (secondary N) is 2. The van der Waals surface area contributed by atoms with Crippen LogP contribution in [0.4, 0.5) is 5.69 Å². The van der Waals surface area contributed by atoms with Crippen molar-refractivity contribution in [3.8, 4) is 0 Å². The molecule has 0 bridgehead atoms. The molecule has 0 spiro atoms. The zero-order chi connectivity index (χ0) is 14.8. The molecule has 0 amide bonds. The molecule has 1 aliphatic heterocycles. The van der Waals surface area contributed by atoms with Crippen LogP contribution >= 0.6 is 24.8 Å². The van der Waals surface area contributed by atoms with Crippen molar-refractivity contribution < 1.29 is 0 Å². The van der Waals surface area contributed by atoms with E-state index >= 15 is 0 Å². The highest BCUT2D eigenvalue weighted by Gasteiger charge is 2.15. The maximum absolute atomic E-state index is 11.6. The van der Waals surface area contributed by atoms with Crippen molar-refractivity contribution in [2.24, 2.45) is 5.73 Å². The number of nitrogens with zero attached hydrogens (tertiary/aromatic N) is 3.